The van der Waals surface area contributed by atoms with Crippen molar-refractivity contribution in [2.24, 2.45) is 0 Å². The number of benzene rings is 3. The second-order valence-electron chi connectivity index (χ2n) is 8.45. The molecule has 4 nitrogen and oxygen atoms in total. The van der Waals surface area contributed by atoms with E-state index < -0.39 is 23.7 Å². The highest BCUT2D eigenvalue weighted by molar-refractivity contribution is 6.04. The molecule has 3 aromatic rings. The number of hydrogen-bond donors (Lipinski definition) is 1. The van der Waals surface area contributed by atoms with Crippen molar-refractivity contribution >= 4 is 11.8 Å². The molecule has 1 N–H and O–H groups in total. The van der Waals surface area contributed by atoms with E-state index in [1.165, 1.54) is 18.2 Å². The zero-order valence-electron chi connectivity index (χ0n) is 18.7. The summed E-state index contributed by atoms with van der Waals surface area (Å²) in [5.41, 5.74) is 1.34. The van der Waals surface area contributed by atoms with Gasteiger partial charge in [-0.3, -0.25) is 9.59 Å². The molecule has 3 aromatic carbocycles. The Hall–Kier alpha value is -3.61. The number of carbonyl (C=O) groups excluding carboxylic acids is 2. The fraction of sp³-hybridized carbons (Fsp3) is 0.259. The Kier molecular flexibility index (Phi) is 6.72. The van der Waals surface area contributed by atoms with Crippen LogP contribution in [0.3, 0.4) is 0 Å². The van der Waals surface area contributed by atoms with Crippen LogP contribution in [0.25, 0.3) is 0 Å². The van der Waals surface area contributed by atoms with E-state index in [2.05, 4.69) is 5.32 Å². The Morgan fingerprint density at radius 1 is 0.971 bits per heavy atom. The lowest BCUT2D eigenvalue weighted by Crippen LogP contribution is -2.43. The predicted octanol–water partition coefficient (Wildman–Crippen LogP) is 5.54. The Labute approximate surface area is 196 Å². The standard InChI is InChI=1S/C27H25F3N2O2/c1-18(15-16-19-9-3-2-4-10-19)32-24(21-12-6-7-13-22(21)26(32)34)25(33)31-17-20-11-5-8-14-23(20)27(28,29)30/h2-14,18,24H,15-17H2,1H3,(H,31,33). The van der Waals surface area contributed by atoms with Gasteiger partial charge in [0.25, 0.3) is 5.91 Å². The number of aryl methyl sites for hydroxylation is 1. The molecular weight excluding hydrogens is 441 g/mol. The van der Waals surface area contributed by atoms with Crippen LogP contribution in [-0.2, 0) is 23.9 Å². The zero-order valence-corrected chi connectivity index (χ0v) is 18.7. The normalized spacial score (nSPS) is 16.3. The predicted molar refractivity (Wildman–Crippen MR) is 123 cm³/mol. The van der Waals surface area contributed by atoms with Crippen molar-refractivity contribution in [2.45, 2.75) is 44.6 Å². The first-order valence-electron chi connectivity index (χ1n) is 11.2. The minimum absolute atomic E-state index is 0.0235. The highest BCUT2D eigenvalue weighted by Gasteiger charge is 2.43. The van der Waals surface area contributed by atoms with Crippen LogP contribution in [-0.4, -0.2) is 22.8 Å². The molecule has 2 atom stereocenters. The molecule has 176 valence electrons. The van der Waals surface area contributed by atoms with Crippen molar-refractivity contribution in [2.75, 3.05) is 0 Å². The SMILES string of the molecule is CC(CCc1ccccc1)N1C(=O)c2ccccc2C1C(=O)NCc1ccccc1C(F)(F)F. The lowest BCUT2D eigenvalue weighted by molar-refractivity contribution is -0.138. The van der Waals surface area contributed by atoms with Gasteiger partial charge in [-0.15, -0.1) is 0 Å². The second kappa shape index (κ2) is 9.71. The average Bonchev–Trinajstić information content (AvgIpc) is 3.14. The summed E-state index contributed by atoms with van der Waals surface area (Å²) in [6, 6.07) is 20.8. The number of alkyl halides is 3. The van der Waals surface area contributed by atoms with Gasteiger partial charge in [-0.25, -0.2) is 0 Å². The van der Waals surface area contributed by atoms with Crippen molar-refractivity contribution in [3.8, 4) is 0 Å². The molecule has 1 aliphatic rings. The number of rotatable bonds is 7. The van der Waals surface area contributed by atoms with E-state index >= 15 is 0 Å². The van der Waals surface area contributed by atoms with Gasteiger partial charge in [0.15, 0.2) is 0 Å². The minimum Gasteiger partial charge on any atom is -0.350 e. The molecule has 0 radical (unpaired) electrons. The second-order valence-corrected chi connectivity index (χ2v) is 8.45. The van der Waals surface area contributed by atoms with Gasteiger partial charge in [-0.1, -0.05) is 66.7 Å². The summed E-state index contributed by atoms with van der Waals surface area (Å²) in [5.74, 6) is -0.742. The number of halogens is 3. The van der Waals surface area contributed by atoms with Crippen LogP contribution in [0.4, 0.5) is 13.2 Å². The molecule has 1 heterocycles. The van der Waals surface area contributed by atoms with Gasteiger partial charge >= 0.3 is 6.18 Å². The van der Waals surface area contributed by atoms with Crippen LogP contribution >= 0.6 is 0 Å². The zero-order chi connectivity index (χ0) is 24.3. The van der Waals surface area contributed by atoms with Crippen molar-refractivity contribution in [1.82, 2.24) is 10.2 Å². The molecule has 0 aliphatic carbocycles. The van der Waals surface area contributed by atoms with Gasteiger partial charge in [0.2, 0.25) is 5.91 Å². The molecule has 0 saturated carbocycles. The van der Waals surface area contributed by atoms with E-state index in [1.807, 2.05) is 37.3 Å². The average molecular weight is 467 g/mol. The van der Waals surface area contributed by atoms with Gasteiger partial charge < -0.3 is 10.2 Å². The molecule has 2 unspecified atom stereocenters. The van der Waals surface area contributed by atoms with Crippen LogP contribution in [0.2, 0.25) is 0 Å². The Morgan fingerprint density at radius 2 is 1.62 bits per heavy atom. The molecule has 2 amide bonds. The molecule has 0 bridgehead atoms. The molecular formula is C27H25F3N2O2. The summed E-state index contributed by atoms with van der Waals surface area (Å²) >= 11 is 0. The van der Waals surface area contributed by atoms with Crippen LogP contribution in [0.15, 0.2) is 78.9 Å². The summed E-state index contributed by atoms with van der Waals surface area (Å²) in [6.07, 6.45) is -3.14. The molecule has 0 spiro atoms. The van der Waals surface area contributed by atoms with Gasteiger partial charge in [0, 0.05) is 18.2 Å². The minimum atomic E-state index is -4.52. The van der Waals surface area contributed by atoms with E-state index in [4.69, 9.17) is 0 Å². The van der Waals surface area contributed by atoms with E-state index in [-0.39, 0.29) is 24.1 Å². The van der Waals surface area contributed by atoms with Crippen LogP contribution in [0, 0.1) is 0 Å². The van der Waals surface area contributed by atoms with Crippen LogP contribution in [0.5, 0.6) is 0 Å². The van der Waals surface area contributed by atoms with Crippen LogP contribution < -0.4 is 5.32 Å². The number of carbonyl (C=O) groups is 2. The maximum atomic E-state index is 13.3. The van der Waals surface area contributed by atoms with E-state index in [9.17, 15) is 22.8 Å². The molecule has 7 heteroatoms. The Bertz CT molecular complexity index is 1180. The molecule has 4 rings (SSSR count). The largest absolute Gasteiger partial charge is 0.416 e. The number of fused-ring (bicyclic) bond motifs is 1. The lowest BCUT2D eigenvalue weighted by atomic mass is 10.0. The van der Waals surface area contributed by atoms with Crippen LogP contribution in [0.1, 0.15) is 52.0 Å². The number of nitrogens with zero attached hydrogens (tertiary/aromatic N) is 1. The number of nitrogens with one attached hydrogen (secondary N) is 1. The summed E-state index contributed by atoms with van der Waals surface area (Å²) in [7, 11) is 0. The van der Waals surface area contributed by atoms with Gasteiger partial charge in [0.05, 0.1) is 5.56 Å². The number of hydrogen-bond acceptors (Lipinski definition) is 2. The molecule has 34 heavy (non-hydrogen) atoms. The first-order chi connectivity index (χ1) is 16.3. The van der Waals surface area contributed by atoms with E-state index in [0.717, 1.165) is 18.1 Å². The molecule has 0 aromatic heterocycles. The van der Waals surface area contributed by atoms with Crippen molar-refractivity contribution in [3.63, 3.8) is 0 Å². The van der Waals surface area contributed by atoms with E-state index in [1.54, 1.807) is 29.2 Å². The smallest absolute Gasteiger partial charge is 0.350 e. The third kappa shape index (κ3) is 4.83. The molecule has 0 saturated heterocycles. The maximum absolute atomic E-state index is 13.3. The highest BCUT2D eigenvalue weighted by atomic mass is 19.4. The molecule has 0 fully saturated rings. The summed E-state index contributed by atoms with van der Waals surface area (Å²) < 4.78 is 40.0. The summed E-state index contributed by atoms with van der Waals surface area (Å²) in [5, 5.41) is 2.64. The van der Waals surface area contributed by atoms with Crippen molar-refractivity contribution < 1.29 is 22.8 Å². The fourth-order valence-corrected chi connectivity index (χ4v) is 4.45. The first kappa shape index (κ1) is 23.5. The first-order valence-corrected chi connectivity index (χ1v) is 11.2. The van der Waals surface area contributed by atoms with Crippen molar-refractivity contribution in [1.29, 1.82) is 0 Å². The third-order valence-corrected chi connectivity index (χ3v) is 6.19. The lowest BCUT2D eigenvalue weighted by Gasteiger charge is -2.31. The molecule has 1 aliphatic heterocycles. The summed E-state index contributed by atoms with van der Waals surface area (Å²) in [4.78, 5) is 28.1. The maximum Gasteiger partial charge on any atom is 0.416 e. The fourth-order valence-electron chi connectivity index (χ4n) is 4.45. The highest BCUT2D eigenvalue weighted by Crippen LogP contribution is 2.37. The topological polar surface area (TPSA) is 49.4 Å². The van der Waals surface area contributed by atoms with Gasteiger partial charge in [0.1, 0.15) is 6.04 Å². The van der Waals surface area contributed by atoms with E-state index in [0.29, 0.717) is 17.5 Å². The van der Waals surface area contributed by atoms with Gasteiger partial charge in [-0.2, -0.15) is 13.2 Å². The summed E-state index contributed by atoms with van der Waals surface area (Å²) in [6.45, 7) is 1.61. The van der Waals surface area contributed by atoms with Gasteiger partial charge in [-0.05, 0) is 48.6 Å². The Morgan fingerprint density at radius 3 is 2.35 bits per heavy atom. The number of amides is 2. The third-order valence-electron chi connectivity index (χ3n) is 6.19. The monoisotopic (exact) mass is 466 g/mol. The Balaban J connectivity index is 1.55. The quantitative estimate of drug-likeness (QED) is 0.497. The van der Waals surface area contributed by atoms with Crippen molar-refractivity contribution in [3.05, 3.63) is 107 Å².